The van der Waals surface area contributed by atoms with Gasteiger partial charge in [-0.25, -0.2) is 0 Å². The van der Waals surface area contributed by atoms with Crippen molar-refractivity contribution in [2.45, 2.75) is 18.9 Å². The van der Waals surface area contributed by atoms with E-state index < -0.39 is 0 Å². The van der Waals surface area contributed by atoms with E-state index in [0.717, 1.165) is 5.92 Å². The van der Waals surface area contributed by atoms with E-state index in [2.05, 4.69) is 18.2 Å². The van der Waals surface area contributed by atoms with E-state index in [1.54, 1.807) is 0 Å². The van der Waals surface area contributed by atoms with Crippen molar-refractivity contribution in [2.24, 2.45) is 11.8 Å². The molecule has 3 rings (SSSR count). The summed E-state index contributed by atoms with van der Waals surface area (Å²) in [5.41, 5.74) is 2.54. The fourth-order valence-corrected chi connectivity index (χ4v) is 2.41. The van der Waals surface area contributed by atoms with Crippen LogP contribution in [0, 0.1) is 11.8 Å². The van der Waals surface area contributed by atoms with Crippen molar-refractivity contribution in [3.63, 3.8) is 0 Å². The molecule has 0 spiro atoms. The van der Waals surface area contributed by atoms with Gasteiger partial charge in [0.05, 0.1) is 6.10 Å². The first-order valence-electron chi connectivity index (χ1n) is 4.62. The molecule has 12 heavy (non-hydrogen) atoms. The second-order valence-corrected chi connectivity index (χ2v) is 4.01. The number of rotatable bonds is 0. The molecular formula is C11H12O. The van der Waals surface area contributed by atoms with Gasteiger partial charge in [0.1, 0.15) is 0 Å². The number of fused-ring (bicyclic) bond motifs is 2. The van der Waals surface area contributed by atoms with Crippen molar-refractivity contribution in [1.29, 1.82) is 0 Å². The monoisotopic (exact) mass is 160 g/mol. The van der Waals surface area contributed by atoms with Crippen LogP contribution in [0.1, 0.15) is 23.7 Å². The maximum absolute atomic E-state index is 9.87. The minimum atomic E-state index is -0.167. The van der Waals surface area contributed by atoms with Crippen molar-refractivity contribution >= 4 is 0 Å². The van der Waals surface area contributed by atoms with Gasteiger partial charge >= 0.3 is 0 Å². The Morgan fingerprint density at radius 3 is 3.00 bits per heavy atom. The molecule has 0 aliphatic heterocycles. The summed E-state index contributed by atoms with van der Waals surface area (Å²) in [6.45, 7) is 0. The van der Waals surface area contributed by atoms with Crippen molar-refractivity contribution in [2.75, 3.05) is 0 Å². The summed E-state index contributed by atoms with van der Waals surface area (Å²) in [6.07, 6.45) is 2.26. The lowest BCUT2D eigenvalue weighted by Crippen LogP contribution is -2.11. The topological polar surface area (TPSA) is 20.2 Å². The molecule has 0 bridgehead atoms. The number of hydrogen-bond acceptors (Lipinski definition) is 1. The van der Waals surface area contributed by atoms with Gasteiger partial charge in [-0.2, -0.15) is 0 Å². The highest BCUT2D eigenvalue weighted by atomic mass is 16.3. The minimum absolute atomic E-state index is 0.167. The third kappa shape index (κ3) is 0.774. The summed E-state index contributed by atoms with van der Waals surface area (Å²) in [5.74, 6) is 1.37. The van der Waals surface area contributed by atoms with E-state index in [4.69, 9.17) is 0 Å². The summed E-state index contributed by atoms with van der Waals surface area (Å²) >= 11 is 0. The van der Waals surface area contributed by atoms with Gasteiger partial charge < -0.3 is 5.11 Å². The van der Waals surface area contributed by atoms with Crippen LogP contribution in [0.4, 0.5) is 0 Å². The Morgan fingerprint density at radius 2 is 2.08 bits per heavy atom. The third-order valence-corrected chi connectivity index (χ3v) is 3.24. The van der Waals surface area contributed by atoms with Crippen molar-refractivity contribution in [3.8, 4) is 0 Å². The Kier molecular flexibility index (Phi) is 1.17. The summed E-state index contributed by atoms with van der Waals surface area (Å²) in [5, 5.41) is 9.87. The van der Waals surface area contributed by atoms with Crippen molar-refractivity contribution < 1.29 is 5.11 Å². The van der Waals surface area contributed by atoms with Gasteiger partial charge in [0, 0.05) is 0 Å². The first kappa shape index (κ1) is 6.67. The Bertz CT molecular complexity index is 319. The van der Waals surface area contributed by atoms with E-state index in [0.29, 0.717) is 5.92 Å². The Hall–Kier alpha value is -0.820. The van der Waals surface area contributed by atoms with Crippen LogP contribution in [0.15, 0.2) is 24.3 Å². The van der Waals surface area contributed by atoms with Crippen LogP contribution < -0.4 is 0 Å². The summed E-state index contributed by atoms with van der Waals surface area (Å²) in [7, 11) is 0. The molecule has 1 saturated carbocycles. The van der Waals surface area contributed by atoms with Crippen LogP contribution in [0.2, 0.25) is 0 Å². The summed E-state index contributed by atoms with van der Waals surface area (Å²) in [4.78, 5) is 0. The maximum Gasteiger partial charge on any atom is 0.0823 e. The molecular weight excluding hydrogens is 148 g/mol. The standard InChI is InChI=1S/C11H12O/c12-11-9-4-2-1-3-7(9)5-8-6-10(8)11/h1-4,8,10-12H,5-6H2/t8-,10+,11-/m1/s1. The summed E-state index contributed by atoms with van der Waals surface area (Å²) < 4.78 is 0. The predicted octanol–water partition coefficient (Wildman–Crippen LogP) is 1.91. The molecule has 2 aliphatic carbocycles. The molecule has 0 unspecified atom stereocenters. The highest BCUT2D eigenvalue weighted by Gasteiger charge is 2.46. The number of hydrogen-bond donors (Lipinski definition) is 1. The molecule has 0 radical (unpaired) electrons. The van der Waals surface area contributed by atoms with Gasteiger partial charge in [0.2, 0.25) is 0 Å². The van der Waals surface area contributed by atoms with Crippen LogP contribution in [0.25, 0.3) is 0 Å². The quantitative estimate of drug-likeness (QED) is 0.614. The zero-order chi connectivity index (χ0) is 8.13. The van der Waals surface area contributed by atoms with Crippen LogP contribution >= 0.6 is 0 Å². The van der Waals surface area contributed by atoms with Crippen molar-refractivity contribution in [3.05, 3.63) is 35.4 Å². The average Bonchev–Trinajstić information content (AvgIpc) is 2.84. The van der Waals surface area contributed by atoms with E-state index >= 15 is 0 Å². The largest absolute Gasteiger partial charge is 0.388 e. The summed E-state index contributed by atoms with van der Waals surface area (Å²) in [6, 6.07) is 8.29. The van der Waals surface area contributed by atoms with Crippen LogP contribution in [0.3, 0.4) is 0 Å². The highest BCUT2D eigenvalue weighted by molar-refractivity contribution is 5.34. The van der Waals surface area contributed by atoms with E-state index in [1.807, 2.05) is 6.07 Å². The predicted molar refractivity (Wildman–Crippen MR) is 46.7 cm³/mol. The normalized spacial score (nSPS) is 36.9. The lowest BCUT2D eigenvalue weighted by Gasteiger charge is -2.20. The smallest absolute Gasteiger partial charge is 0.0823 e. The van der Waals surface area contributed by atoms with Crippen LogP contribution in [-0.4, -0.2) is 5.11 Å². The van der Waals surface area contributed by atoms with E-state index in [1.165, 1.54) is 24.0 Å². The van der Waals surface area contributed by atoms with Crippen LogP contribution in [0.5, 0.6) is 0 Å². The fourth-order valence-electron chi connectivity index (χ4n) is 2.41. The Balaban J connectivity index is 2.11. The molecule has 3 atom stereocenters. The molecule has 1 aromatic carbocycles. The van der Waals surface area contributed by atoms with Crippen LogP contribution in [-0.2, 0) is 6.42 Å². The second kappa shape index (κ2) is 2.11. The van der Waals surface area contributed by atoms with Gasteiger partial charge in [-0.05, 0) is 35.8 Å². The van der Waals surface area contributed by atoms with Gasteiger partial charge in [-0.15, -0.1) is 0 Å². The lowest BCUT2D eigenvalue weighted by atomic mass is 9.90. The molecule has 1 aromatic rings. The molecule has 0 heterocycles. The molecule has 1 heteroatoms. The first-order valence-corrected chi connectivity index (χ1v) is 4.62. The van der Waals surface area contributed by atoms with E-state index in [9.17, 15) is 5.11 Å². The highest BCUT2D eigenvalue weighted by Crippen LogP contribution is 2.53. The fraction of sp³-hybridized carbons (Fsp3) is 0.455. The zero-order valence-electron chi connectivity index (χ0n) is 6.90. The Labute approximate surface area is 72.0 Å². The number of aliphatic hydroxyl groups excluding tert-OH is 1. The molecule has 0 saturated heterocycles. The molecule has 62 valence electrons. The van der Waals surface area contributed by atoms with E-state index in [-0.39, 0.29) is 6.10 Å². The van der Waals surface area contributed by atoms with Gasteiger partial charge in [-0.3, -0.25) is 0 Å². The molecule has 1 N–H and O–H groups in total. The molecule has 1 fully saturated rings. The maximum atomic E-state index is 9.87. The lowest BCUT2D eigenvalue weighted by molar-refractivity contribution is 0.140. The van der Waals surface area contributed by atoms with Crippen molar-refractivity contribution in [1.82, 2.24) is 0 Å². The van der Waals surface area contributed by atoms with Gasteiger partial charge in [-0.1, -0.05) is 24.3 Å². The Morgan fingerprint density at radius 1 is 1.25 bits per heavy atom. The molecule has 0 amide bonds. The zero-order valence-corrected chi connectivity index (χ0v) is 6.90. The molecule has 0 aromatic heterocycles. The number of aliphatic hydroxyl groups is 1. The SMILES string of the molecule is O[C@@H]1c2ccccc2C[C@@H]2C[C@@H]21. The third-order valence-electron chi connectivity index (χ3n) is 3.24. The van der Waals surface area contributed by atoms with Gasteiger partial charge in [0.15, 0.2) is 0 Å². The number of benzene rings is 1. The second-order valence-electron chi connectivity index (χ2n) is 4.01. The molecule has 1 nitrogen and oxygen atoms in total. The first-order chi connectivity index (χ1) is 5.86. The van der Waals surface area contributed by atoms with Gasteiger partial charge in [0.25, 0.3) is 0 Å². The average molecular weight is 160 g/mol. The molecule has 2 aliphatic rings. The minimum Gasteiger partial charge on any atom is -0.388 e.